The lowest BCUT2D eigenvalue weighted by Crippen LogP contribution is -2.38. The summed E-state index contributed by atoms with van der Waals surface area (Å²) in [5.41, 5.74) is 0.868. The highest BCUT2D eigenvalue weighted by Gasteiger charge is 2.31. The van der Waals surface area contributed by atoms with Crippen molar-refractivity contribution in [2.75, 3.05) is 39.6 Å². The van der Waals surface area contributed by atoms with Crippen molar-refractivity contribution >= 4 is 21.7 Å². The number of nitrogens with one attached hydrogen (secondary N) is 1. The van der Waals surface area contributed by atoms with E-state index in [4.69, 9.17) is 4.74 Å². The van der Waals surface area contributed by atoms with Crippen molar-refractivity contribution in [2.24, 2.45) is 0 Å². The molecule has 1 aliphatic heterocycles. The first-order valence-electron chi connectivity index (χ1n) is 10.2. The molecule has 0 bridgehead atoms. The number of amides is 1. The van der Waals surface area contributed by atoms with Crippen LogP contribution in [0.2, 0.25) is 0 Å². The molecule has 0 unspecified atom stereocenters. The van der Waals surface area contributed by atoms with Crippen molar-refractivity contribution < 1.29 is 17.9 Å². The van der Waals surface area contributed by atoms with Crippen molar-refractivity contribution in [3.05, 3.63) is 41.9 Å². The largest absolute Gasteiger partial charge is 0.497 e. The van der Waals surface area contributed by atoms with E-state index >= 15 is 0 Å². The minimum Gasteiger partial charge on any atom is -0.497 e. The molecule has 1 saturated heterocycles. The van der Waals surface area contributed by atoms with Crippen LogP contribution in [0.3, 0.4) is 0 Å². The summed E-state index contributed by atoms with van der Waals surface area (Å²) in [6, 6.07) is 8.34. The summed E-state index contributed by atoms with van der Waals surface area (Å²) >= 11 is 0. The van der Waals surface area contributed by atoms with Crippen LogP contribution in [-0.2, 0) is 21.4 Å². The Morgan fingerprint density at radius 3 is 2.42 bits per heavy atom. The fraction of sp³-hybridized carbons (Fsp3) is 0.476. The van der Waals surface area contributed by atoms with Crippen molar-refractivity contribution in [3.63, 3.8) is 0 Å². The second kappa shape index (κ2) is 9.61. The third kappa shape index (κ3) is 5.31. The fourth-order valence-electron chi connectivity index (χ4n) is 3.54. The maximum atomic E-state index is 13.0. The highest BCUT2D eigenvalue weighted by Crippen LogP contribution is 2.31. The van der Waals surface area contributed by atoms with Crippen LogP contribution in [0.4, 0.5) is 5.82 Å². The van der Waals surface area contributed by atoms with Crippen LogP contribution in [0.1, 0.15) is 37.2 Å². The van der Waals surface area contributed by atoms with Crippen LogP contribution in [0.25, 0.3) is 0 Å². The van der Waals surface area contributed by atoms with Gasteiger partial charge in [0.2, 0.25) is 15.9 Å². The molecule has 1 aromatic carbocycles. The summed E-state index contributed by atoms with van der Waals surface area (Å²) in [5.74, 6) is 1.93. The standard InChI is InChI=1S/C21H29N5O4S/c1-15(27)25(3)14-21-23-19(13-20(22-2)24-21)16-9-11-26(12-10-16)31(28,29)18-7-5-17(30-4)6-8-18/h5-8,13,16H,9-12,14H2,1-4H3,(H,22,23,24). The van der Waals surface area contributed by atoms with Gasteiger partial charge in [-0.15, -0.1) is 0 Å². The van der Waals surface area contributed by atoms with Gasteiger partial charge in [0.05, 0.1) is 18.6 Å². The molecule has 9 nitrogen and oxygen atoms in total. The maximum absolute atomic E-state index is 13.0. The lowest BCUT2D eigenvalue weighted by Gasteiger charge is -2.31. The van der Waals surface area contributed by atoms with E-state index in [0.717, 1.165) is 5.69 Å². The molecule has 31 heavy (non-hydrogen) atoms. The van der Waals surface area contributed by atoms with Gasteiger partial charge in [-0.3, -0.25) is 4.79 Å². The fourth-order valence-corrected chi connectivity index (χ4v) is 5.01. The lowest BCUT2D eigenvalue weighted by molar-refractivity contribution is -0.128. The van der Waals surface area contributed by atoms with Crippen LogP contribution in [0.15, 0.2) is 35.2 Å². The molecule has 0 aliphatic carbocycles. The molecule has 1 aliphatic rings. The van der Waals surface area contributed by atoms with Gasteiger partial charge in [0.25, 0.3) is 0 Å². The zero-order valence-electron chi connectivity index (χ0n) is 18.3. The number of ether oxygens (including phenoxy) is 1. The number of carbonyl (C=O) groups is 1. The minimum absolute atomic E-state index is 0.0583. The minimum atomic E-state index is -3.55. The zero-order valence-corrected chi connectivity index (χ0v) is 19.1. The van der Waals surface area contributed by atoms with Crippen molar-refractivity contribution in [3.8, 4) is 5.75 Å². The Hall–Kier alpha value is -2.72. The number of piperidine rings is 1. The number of aromatic nitrogens is 2. The molecule has 1 amide bonds. The molecule has 3 rings (SSSR count). The van der Waals surface area contributed by atoms with E-state index in [1.165, 1.54) is 11.2 Å². The van der Waals surface area contributed by atoms with E-state index in [2.05, 4.69) is 15.3 Å². The maximum Gasteiger partial charge on any atom is 0.243 e. The quantitative estimate of drug-likeness (QED) is 0.693. The Labute approximate surface area is 183 Å². The van der Waals surface area contributed by atoms with Gasteiger partial charge in [0.15, 0.2) is 0 Å². The first-order valence-corrected chi connectivity index (χ1v) is 11.6. The molecule has 2 aromatic rings. The number of hydrogen-bond acceptors (Lipinski definition) is 7. The molecule has 1 fully saturated rings. The van der Waals surface area contributed by atoms with Crippen LogP contribution in [0.5, 0.6) is 5.75 Å². The number of rotatable bonds is 7. The van der Waals surface area contributed by atoms with E-state index in [0.29, 0.717) is 49.9 Å². The van der Waals surface area contributed by atoms with E-state index in [-0.39, 0.29) is 16.7 Å². The van der Waals surface area contributed by atoms with E-state index in [1.54, 1.807) is 50.4 Å². The summed E-state index contributed by atoms with van der Waals surface area (Å²) in [4.78, 5) is 22.5. The van der Waals surface area contributed by atoms with Gasteiger partial charge in [-0.25, -0.2) is 18.4 Å². The SMILES string of the molecule is CNc1cc(C2CCN(S(=O)(=O)c3ccc(OC)cc3)CC2)nc(CN(C)C(C)=O)n1. The van der Waals surface area contributed by atoms with E-state index < -0.39 is 10.0 Å². The Morgan fingerprint density at radius 1 is 1.23 bits per heavy atom. The predicted molar refractivity (Wildman–Crippen MR) is 117 cm³/mol. The lowest BCUT2D eigenvalue weighted by atomic mass is 9.94. The molecule has 2 heterocycles. The first kappa shape index (κ1) is 23.0. The second-order valence-electron chi connectivity index (χ2n) is 7.57. The second-order valence-corrected chi connectivity index (χ2v) is 9.51. The number of hydrogen-bond donors (Lipinski definition) is 1. The van der Waals surface area contributed by atoms with Gasteiger partial charge in [0.1, 0.15) is 17.4 Å². The van der Waals surface area contributed by atoms with Gasteiger partial charge in [-0.05, 0) is 37.1 Å². The molecule has 0 spiro atoms. The Morgan fingerprint density at radius 2 is 1.87 bits per heavy atom. The molecule has 1 N–H and O–H groups in total. The number of benzene rings is 1. The smallest absolute Gasteiger partial charge is 0.243 e. The third-order valence-corrected chi connectivity index (χ3v) is 7.45. The number of sulfonamides is 1. The van der Waals surface area contributed by atoms with E-state index in [9.17, 15) is 13.2 Å². The van der Waals surface area contributed by atoms with Gasteiger partial charge < -0.3 is 15.0 Å². The summed E-state index contributed by atoms with van der Waals surface area (Å²) < 4.78 is 32.6. The Kier molecular flexibility index (Phi) is 7.11. The third-order valence-electron chi connectivity index (χ3n) is 5.53. The molecule has 1 aromatic heterocycles. The van der Waals surface area contributed by atoms with Crippen LogP contribution in [-0.4, -0.2) is 67.8 Å². The number of anilines is 1. The average molecular weight is 448 g/mol. The van der Waals surface area contributed by atoms with Gasteiger partial charge in [0, 0.05) is 51.8 Å². The molecule has 0 radical (unpaired) electrons. The number of methoxy groups -OCH3 is 1. The zero-order chi connectivity index (χ0) is 22.6. The monoisotopic (exact) mass is 447 g/mol. The van der Waals surface area contributed by atoms with E-state index in [1.807, 2.05) is 6.07 Å². The van der Waals surface area contributed by atoms with Crippen molar-refractivity contribution in [2.45, 2.75) is 37.1 Å². The van der Waals surface area contributed by atoms with Crippen LogP contribution < -0.4 is 10.1 Å². The highest BCUT2D eigenvalue weighted by atomic mass is 32.2. The van der Waals surface area contributed by atoms with Gasteiger partial charge in [-0.1, -0.05) is 0 Å². The van der Waals surface area contributed by atoms with Crippen LogP contribution in [0, 0.1) is 0 Å². The first-order chi connectivity index (χ1) is 14.7. The van der Waals surface area contributed by atoms with Gasteiger partial charge >= 0.3 is 0 Å². The number of carbonyl (C=O) groups excluding carboxylic acids is 1. The molecule has 0 atom stereocenters. The Bertz CT molecular complexity index is 1020. The number of nitrogens with zero attached hydrogens (tertiary/aromatic N) is 4. The van der Waals surface area contributed by atoms with Crippen molar-refractivity contribution in [1.29, 1.82) is 0 Å². The summed E-state index contributed by atoms with van der Waals surface area (Å²) in [6.45, 7) is 2.66. The molecular formula is C21H29N5O4S. The molecular weight excluding hydrogens is 418 g/mol. The highest BCUT2D eigenvalue weighted by molar-refractivity contribution is 7.89. The normalized spacial score (nSPS) is 15.5. The molecule has 168 valence electrons. The summed E-state index contributed by atoms with van der Waals surface area (Å²) in [5, 5.41) is 3.04. The predicted octanol–water partition coefficient (Wildman–Crippen LogP) is 2.07. The van der Waals surface area contributed by atoms with Gasteiger partial charge in [-0.2, -0.15) is 4.31 Å². The average Bonchev–Trinajstić information content (AvgIpc) is 2.78. The molecule has 0 saturated carbocycles. The van der Waals surface area contributed by atoms with Crippen LogP contribution >= 0.6 is 0 Å². The topological polar surface area (TPSA) is 105 Å². The molecule has 10 heteroatoms. The summed E-state index contributed by atoms with van der Waals surface area (Å²) in [7, 11) is 1.49. The van der Waals surface area contributed by atoms with Crippen molar-refractivity contribution in [1.82, 2.24) is 19.2 Å². The summed E-state index contributed by atoms with van der Waals surface area (Å²) in [6.07, 6.45) is 1.33. The Balaban J connectivity index is 1.73.